The van der Waals surface area contributed by atoms with Gasteiger partial charge in [0.25, 0.3) is 0 Å². The quantitative estimate of drug-likeness (QED) is 0.855. The molecule has 1 aliphatic heterocycles. The van der Waals surface area contributed by atoms with Gasteiger partial charge >= 0.3 is 0 Å². The Morgan fingerprint density at radius 2 is 1.81 bits per heavy atom. The van der Waals surface area contributed by atoms with Gasteiger partial charge in [0.2, 0.25) is 5.88 Å². The van der Waals surface area contributed by atoms with Gasteiger partial charge in [0.05, 0.1) is 5.92 Å². The molecule has 0 amide bonds. The predicted molar refractivity (Wildman–Crippen MR) is 99.2 cm³/mol. The first kappa shape index (κ1) is 16.9. The minimum Gasteiger partial charge on any atom is -0.508 e. The molecule has 0 bridgehead atoms. The summed E-state index contributed by atoms with van der Waals surface area (Å²) in [5, 5.41) is 19.5. The Balaban J connectivity index is 1.80. The molecule has 4 rings (SSSR count). The normalized spacial score (nSPS) is 22.1. The number of rotatable bonds is 2. The summed E-state index contributed by atoms with van der Waals surface area (Å²) in [5.74, 6) is -0.0500. The van der Waals surface area contributed by atoms with Crippen molar-refractivity contribution >= 4 is 5.78 Å². The topological polar surface area (TPSA) is 96.3 Å². The van der Waals surface area contributed by atoms with Crippen LogP contribution in [0, 0.1) is 11.3 Å². The van der Waals surface area contributed by atoms with E-state index in [-0.39, 0.29) is 28.9 Å². The van der Waals surface area contributed by atoms with E-state index in [1.165, 1.54) is 0 Å². The fourth-order valence-electron chi connectivity index (χ4n) is 3.91. The third-order valence-electron chi connectivity index (χ3n) is 5.14. The number of allylic oxidation sites excluding steroid dienone is 3. The Bertz CT molecular complexity index is 1020. The van der Waals surface area contributed by atoms with Crippen LogP contribution in [0.4, 0.5) is 0 Å². The van der Waals surface area contributed by atoms with E-state index in [0.29, 0.717) is 29.7 Å². The first-order valence-electron chi connectivity index (χ1n) is 8.76. The van der Waals surface area contributed by atoms with Crippen molar-refractivity contribution in [2.75, 3.05) is 0 Å². The maximum atomic E-state index is 13.1. The zero-order chi connectivity index (χ0) is 19.0. The van der Waals surface area contributed by atoms with Gasteiger partial charge in [-0.1, -0.05) is 42.5 Å². The molecule has 134 valence electrons. The van der Waals surface area contributed by atoms with Crippen LogP contribution in [-0.2, 0) is 9.53 Å². The van der Waals surface area contributed by atoms with Crippen LogP contribution in [0.5, 0.6) is 5.75 Å². The molecule has 3 N–H and O–H groups in total. The van der Waals surface area contributed by atoms with Crippen LogP contribution in [0.3, 0.4) is 0 Å². The number of hydrogen-bond donors (Lipinski definition) is 2. The van der Waals surface area contributed by atoms with Crippen LogP contribution in [0.15, 0.2) is 77.4 Å². The number of aromatic hydroxyl groups is 1. The van der Waals surface area contributed by atoms with Crippen molar-refractivity contribution < 1.29 is 14.6 Å². The molecule has 5 heteroatoms. The number of phenols is 1. The van der Waals surface area contributed by atoms with Crippen LogP contribution < -0.4 is 5.73 Å². The smallest absolute Gasteiger partial charge is 0.205 e. The van der Waals surface area contributed by atoms with Crippen molar-refractivity contribution in [2.24, 2.45) is 5.73 Å². The summed E-state index contributed by atoms with van der Waals surface area (Å²) in [4.78, 5) is 13.1. The Labute approximate surface area is 157 Å². The fourth-order valence-corrected chi connectivity index (χ4v) is 3.91. The highest BCUT2D eigenvalue weighted by molar-refractivity contribution is 6.00. The van der Waals surface area contributed by atoms with Crippen molar-refractivity contribution in [1.29, 1.82) is 5.26 Å². The molecular formula is C22H18N2O3. The third-order valence-corrected chi connectivity index (χ3v) is 5.14. The summed E-state index contributed by atoms with van der Waals surface area (Å²) < 4.78 is 5.73. The number of nitrogens with two attached hydrogens (primary N) is 1. The molecular weight excluding hydrogens is 340 g/mol. The highest BCUT2D eigenvalue weighted by atomic mass is 16.5. The summed E-state index contributed by atoms with van der Waals surface area (Å²) in [6.45, 7) is 0. The second kappa shape index (κ2) is 6.65. The lowest BCUT2D eigenvalue weighted by molar-refractivity contribution is -0.117. The van der Waals surface area contributed by atoms with Gasteiger partial charge in [-0.25, -0.2) is 0 Å². The molecule has 2 aliphatic rings. The standard InChI is InChI=1S/C22H18N2O3/c23-12-17-20(14-7-4-8-16(25)9-14)21-18(26)10-15(11-19(21)27-22(17)24)13-5-2-1-3-6-13/h1-9,15,20,25H,10-11,24H2. The van der Waals surface area contributed by atoms with E-state index in [4.69, 9.17) is 10.5 Å². The van der Waals surface area contributed by atoms with Gasteiger partial charge in [-0.3, -0.25) is 4.79 Å². The number of nitriles is 1. The zero-order valence-corrected chi connectivity index (χ0v) is 14.6. The molecule has 5 nitrogen and oxygen atoms in total. The number of Topliss-reactive ketones (excluding diaryl/α,β-unsaturated/α-hetero) is 1. The molecule has 2 aromatic rings. The molecule has 1 aliphatic carbocycles. The van der Waals surface area contributed by atoms with E-state index in [0.717, 1.165) is 5.56 Å². The minimum absolute atomic E-state index is 0.0127. The van der Waals surface area contributed by atoms with Gasteiger partial charge in [-0.05, 0) is 29.2 Å². The van der Waals surface area contributed by atoms with Crippen LogP contribution in [0.1, 0.15) is 35.8 Å². The molecule has 2 unspecified atom stereocenters. The number of ketones is 1. The van der Waals surface area contributed by atoms with E-state index < -0.39 is 5.92 Å². The van der Waals surface area contributed by atoms with Crippen molar-refractivity contribution in [2.45, 2.75) is 24.7 Å². The predicted octanol–water partition coefficient (Wildman–Crippen LogP) is 3.60. The Kier molecular flexibility index (Phi) is 4.17. The summed E-state index contributed by atoms with van der Waals surface area (Å²) in [5.41, 5.74) is 8.41. The first-order valence-corrected chi connectivity index (χ1v) is 8.76. The van der Waals surface area contributed by atoms with E-state index in [1.54, 1.807) is 24.3 Å². The molecule has 0 saturated heterocycles. The number of ether oxygens (including phenoxy) is 1. The number of benzene rings is 2. The molecule has 0 saturated carbocycles. The molecule has 2 atom stereocenters. The van der Waals surface area contributed by atoms with E-state index in [2.05, 4.69) is 6.07 Å². The van der Waals surface area contributed by atoms with Gasteiger partial charge < -0.3 is 15.6 Å². The second-order valence-electron chi connectivity index (χ2n) is 6.80. The first-order chi connectivity index (χ1) is 13.1. The number of carbonyl (C=O) groups is 1. The van der Waals surface area contributed by atoms with Gasteiger partial charge in [0, 0.05) is 18.4 Å². The SMILES string of the molecule is N#CC1=C(N)OC2=C(C(=O)CC(c3ccccc3)C2)C1c1cccc(O)c1. The lowest BCUT2D eigenvalue weighted by atomic mass is 9.73. The maximum Gasteiger partial charge on any atom is 0.205 e. The van der Waals surface area contributed by atoms with Crippen molar-refractivity contribution in [3.8, 4) is 11.8 Å². The average molecular weight is 358 g/mol. The van der Waals surface area contributed by atoms with Gasteiger partial charge in [-0.2, -0.15) is 5.26 Å². The Morgan fingerprint density at radius 3 is 2.52 bits per heavy atom. The van der Waals surface area contributed by atoms with Crippen LogP contribution in [0.25, 0.3) is 0 Å². The molecule has 2 aromatic carbocycles. The molecule has 1 heterocycles. The molecule has 0 radical (unpaired) electrons. The van der Waals surface area contributed by atoms with Crippen LogP contribution in [0.2, 0.25) is 0 Å². The Morgan fingerprint density at radius 1 is 1.07 bits per heavy atom. The van der Waals surface area contributed by atoms with Gasteiger partial charge in [0.15, 0.2) is 5.78 Å². The second-order valence-corrected chi connectivity index (χ2v) is 6.80. The fraction of sp³-hybridized carbons (Fsp3) is 0.182. The average Bonchev–Trinajstić information content (AvgIpc) is 2.67. The number of nitrogens with zero attached hydrogens (tertiary/aromatic N) is 1. The number of carbonyl (C=O) groups excluding carboxylic acids is 1. The maximum absolute atomic E-state index is 13.1. The van der Waals surface area contributed by atoms with Crippen molar-refractivity contribution in [3.63, 3.8) is 0 Å². The number of phenolic OH excluding ortho intramolecular Hbond substituents is 1. The summed E-state index contributed by atoms with van der Waals surface area (Å²) >= 11 is 0. The minimum atomic E-state index is -0.616. The van der Waals surface area contributed by atoms with Gasteiger partial charge in [-0.15, -0.1) is 0 Å². The van der Waals surface area contributed by atoms with Crippen LogP contribution >= 0.6 is 0 Å². The Hall–Kier alpha value is -3.52. The summed E-state index contributed by atoms with van der Waals surface area (Å²) in [6.07, 6.45) is 0.889. The van der Waals surface area contributed by atoms with E-state index in [1.807, 2.05) is 30.3 Å². The molecule has 0 spiro atoms. The van der Waals surface area contributed by atoms with E-state index >= 15 is 0 Å². The number of hydrogen-bond acceptors (Lipinski definition) is 5. The molecule has 0 aromatic heterocycles. The monoisotopic (exact) mass is 358 g/mol. The lowest BCUT2D eigenvalue weighted by Crippen LogP contribution is -2.29. The zero-order valence-electron chi connectivity index (χ0n) is 14.6. The molecule has 27 heavy (non-hydrogen) atoms. The third kappa shape index (κ3) is 2.96. The highest BCUT2D eigenvalue weighted by Crippen LogP contribution is 2.46. The van der Waals surface area contributed by atoms with Gasteiger partial charge in [0.1, 0.15) is 23.2 Å². The van der Waals surface area contributed by atoms with Crippen molar-refractivity contribution in [1.82, 2.24) is 0 Å². The van der Waals surface area contributed by atoms with Crippen molar-refractivity contribution in [3.05, 3.63) is 88.5 Å². The van der Waals surface area contributed by atoms with E-state index in [9.17, 15) is 15.2 Å². The largest absolute Gasteiger partial charge is 0.508 e. The summed E-state index contributed by atoms with van der Waals surface area (Å²) in [7, 11) is 0. The van der Waals surface area contributed by atoms with Crippen LogP contribution in [-0.4, -0.2) is 10.9 Å². The molecule has 0 fully saturated rings. The highest BCUT2D eigenvalue weighted by Gasteiger charge is 2.40. The summed E-state index contributed by atoms with van der Waals surface area (Å²) in [6, 6.07) is 18.5. The lowest BCUT2D eigenvalue weighted by Gasteiger charge is -2.34.